The standard InChI is InChI=1S/C21H25NO3/c23-21(24)11-12-22-13-14-25-19(16-22)15-20(17-7-3-1-4-8-17)18-9-5-2-6-10-18/h1-10,19-20H,11-16H2,(H,23,24). The van der Waals surface area contributed by atoms with Crippen molar-refractivity contribution in [2.24, 2.45) is 0 Å². The summed E-state index contributed by atoms with van der Waals surface area (Å²) in [5, 5.41) is 8.89. The summed E-state index contributed by atoms with van der Waals surface area (Å²) in [6.07, 6.45) is 1.21. The third kappa shape index (κ3) is 5.15. The maximum absolute atomic E-state index is 10.8. The van der Waals surface area contributed by atoms with E-state index in [1.165, 1.54) is 11.1 Å². The highest BCUT2D eigenvalue weighted by Crippen LogP contribution is 2.30. The lowest BCUT2D eigenvalue weighted by molar-refractivity contribution is -0.137. The third-order valence-electron chi connectivity index (χ3n) is 4.77. The highest BCUT2D eigenvalue weighted by molar-refractivity contribution is 5.66. The SMILES string of the molecule is O=C(O)CCN1CCOC(CC(c2ccccc2)c2ccccc2)C1. The number of ether oxygens (including phenoxy) is 1. The van der Waals surface area contributed by atoms with Crippen molar-refractivity contribution in [2.45, 2.75) is 24.9 Å². The fourth-order valence-electron chi connectivity index (χ4n) is 3.48. The lowest BCUT2D eigenvalue weighted by Crippen LogP contribution is -2.43. The van der Waals surface area contributed by atoms with Gasteiger partial charge in [-0.2, -0.15) is 0 Å². The summed E-state index contributed by atoms with van der Waals surface area (Å²) < 4.78 is 6.00. The van der Waals surface area contributed by atoms with E-state index in [2.05, 4.69) is 53.4 Å². The van der Waals surface area contributed by atoms with Crippen LogP contribution in [-0.2, 0) is 9.53 Å². The molecule has 1 aliphatic rings. The number of carbonyl (C=O) groups is 1. The summed E-state index contributed by atoms with van der Waals surface area (Å²) in [5.74, 6) is -0.457. The second-order valence-corrected chi connectivity index (χ2v) is 6.55. The molecule has 1 heterocycles. The van der Waals surface area contributed by atoms with Gasteiger partial charge in [-0.1, -0.05) is 60.7 Å². The zero-order valence-corrected chi connectivity index (χ0v) is 14.4. The maximum atomic E-state index is 10.8. The molecule has 1 aliphatic heterocycles. The zero-order chi connectivity index (χ0) is 17.5. The highest BCUT2D eigenvalue weighted by Gasteiger charge is 2.25. The van der Waals surface area contributed by atoms with E-state index in [0.717, 1.165) is 19.5 Å². The molecule has 0 aliphatic carbocycles. The van der Waals surface area contributed by atoms with Crippen LogP contribution >= 0.6 is 0 Å². The van der Waals surface area contributed by atoms with Gasteiger partial charge in [0.2, 0.25) is 0 Å². The summed E-state index contributed by atoms with van der Waals surface area (Å²) in [7, 11) is 0. The minimum absolute atomic E-state index is 0.118. The van der Waals surface area contributed by atoms with Crippen molar-refractivity contribution >= 4 is 5.97 Å². The van der Waals surface area contributed by atoms with Crippen molar-refractivity contribution in [3.05, 3.63) is 71.8 Å². The molecule has 0 radical (unpaired) electrons. The van der Waals surface area contributed by atoms with Gasteiger partial charge in [-0.05, 0) is 17.5 Å². The number of carboxylic acid groups (broad SMARTS) is 1. The van der Waals surface area contributed by atoms with Gasteiger partial charge in [0.25, 0.3) is 0 Å². The van der Waals surface area contributed by atoms with Crippen LogP contribution in [0.4, 0.5) is 0 Å². The van der Waals surface area contributed by atoms with Gasteiger partial charge in [0.1, 0.15) is 0 Å². The largest absolute Gasteiger partial charge is 0.481 e. The molecule has 0 amide bonds. The Morgan fingerprint density at radius 1 is 1.08 bits per heavy atom. The van der Waals surface area contributed by atoms with Crippen molar-refractivity contribution in [3.8, 4) is 0 Å². The van der Waals surface area contributed by atoms with Gasteiger partial charge in [-0.25, -0.2) is 0 Å². The van der Waals surface area contributed by atoms with E-state index in [1.54, 1.807) is 0 Å². The van der Waals surface area contributed by atoms with E-state index in [0.29, 0.717) is 13.2 Å². The fourth-order valence-corrected chi connectivity index (χ4v) is 3.48. The van der Waals surface area contributed by atoms with Crippen LogP contribution in [0.5, 0.6) is 0 Å². The lowest BCUT2D eigenvalue weighted by Gasteiger charge is -2.34. The normalized spacial score (nSPS) is 18.4. The van der Waals surface area contributed by atoms with E-state index in [4.69, 9.17) is 9.84 Å². The van der Waals surface area contributed by atoms with Crippen molar-refractivity contribution in [2.75, 3.05) is 26.2 Å². The van der Waals surface area contributed by atoms with Gasteiger partial charge < -0.3 is 9.84 Å². The smallest absolute Gasteiger partial charge is 0.304 e. The van der Waals surface area contributed by atoms with Crippen LogP contribution in [0.1, 0.15) is 29.9 Å². The molecule has 1 fully saturated rings. The van der Waals surface area contributed by atoms with Crippen molar-refractivity contribution in [1.29, 1.82) is 0 Å². The second kappa shape index (κ2) is 8.79. The van der Waals surface area contributed by atoms with Crippen LogP contribution < -0.4 is 0 Å². The van der Waals surface area contributed by atoms with E-state index < -0.39 is 5.97 Å². The molecular weight excluding hydrogens is 314 g/mol. The summed E-state index contributed by atoms with van der Waals surface area (Å²) in [4.78, 5) is 13.0. The van der Waals surface area contributed by atoms with Gasteiger partial charge in [-0.3, -0.25) is 9.69 Å². The Labute approximate surface area is 149 Å². The molecule has 4 heteroatoms. The Morgan fingerprint density at radius 2 is 1.68 bits per heavy atom. The van der Waals surface area contributed by atoms with Crippen LogP contribution in [0.25, 0.3) is 0 Å². The minimum atomic E-state index is -0.741. The molecule has 0 spiro atoms. The Kier molecular flexibility index (Phi) is 6.20. The first-order valence-electron chi connectivity index (χ1n) is 8.88. The van der Waals surface area contributed by atoms with Gasteiger partial charge in [-0.15, -0.1) is 0 Å². The molecule has 1 unspecified atom stereocenters. The maximum Gasteiger partial charge on any atom is 0.304 e. The summed E-state index contributed by atoms with van der Waals surface area (Å²) in [6, 6.07) is 21.1. The Balaban J connectivity index is 1.71. The molecule has 4 nitrogen and oxygen atoms in total. The van der Waals surface area contributed by atoms with Crippen LogP contribution in [0, 0.1) is 0 Å². The van der Waals surface area contributed by atoms with E-state index in [-0.39, 0.29) is 18.4 Å². The van der Waals surface area contributed by atoms with Crippen LogP contribution in [-0.4, -0.2) is 48.3 Å². The fraction of sp³-hybridized carbons (Fsp3) is 0.381. The third-order valence-corrected chi connectivity index (χ3v) is 4.77. The quantitative estimate of drug-likeness (QED) is 0.840. The van der Waals surface area contributed by atoms with Crippen molar-refractivity contribution in [1.82, 2.24) is 4.90 Å². The second-order valence-electron chi connectivity index (χ2n) is 6.55. The Morgan fingerprint density at radius 3 is 2.24 bits per heavy atom. The molecule has 0 bridgehead atoms. The minimum Gasteiger partial charge on any atom is -0.481 e. The number of benzene rings is 2. The van der Waals surface area contributed by atoms with E-state index >= 15 is 0 Å². The zero-order valence-electron chi connectivity index (χ0n) is 14.4. The first-order chi connectivity index (χ1) is 12.2. The van der Waals surface area contributed by atoms with Gasteiger partial charge >= 0.3 is 5.97 Å². The molecule has 0 aromatic heterocycles. The van der Waals surface area contributed by atoms with Gasteiger partial charge in [0.05, 0.1) is 19.1 Å². The predicted molar refractivity (Wildman–Crippen MR) is 97.8 cm³/mol. The molecule has 25 heavy (non-hydrogen) atoms. The van der Waals surface area contributed by atoms with E-state index in [1.807, 2.05) is 12.1 Å². The molecule has 1 atom stereocenters. The number of rotatable bonds is 7. The molecule has 2 aromatic rings. The number of hydrogen-bond donors (Lipinski definition) is 1. The van der Waals surface area contributed by atoms with Crippen LogP contribution in [0.3, 0.4) is 0 Å². The number of morpholine rings is 1. The number of nitrogens with zero attached hydrogens (tertiary/aromatic N) is 1. The average Bonchev–Trinajstić information content (AvgIpc) is 2.66. The molecular formula is C21H25NO3. The average molecular weight is 339 g/mol. The van der Waals surface area contributed by atoms with Crippen LogP contribution in [0.2, 0.25) is 0 Å². The monoisotopic (exact) mass is 339 g/mol. The lowest BCUT2D eigenvalue weighted by atomic mass is 9.86. The summed E-state index contributed by atoms with van der Waals surface area (Å²) >= 11 is 0. The molecule has 2 aromatic carbocycles. The number of aliphatic carboxylic acids is 1. The molecule has 1 N–H and O–H groups in total. The van der Waals surface area contributed by atoms with E-state index in [9.17, 15) is 4.79 Å². The summed E-state index contributed by atoms with van der Waals surface area (Å²) in [5.41, 5.74) is 2.58. The first kappa shape index (κ1) is 17.6. The summed E-state index contributed by atoms with van der Waals surface area (Å²) in [6.45, 7) is 2.87. The Bertz CT molecular complexity index is 620. The molecule has 132 valence electrons. The molecule has 0 saturated carbocycles. The first-order valence-corrected chi connectivity index (χ1v) is 8.88. The number of carboxylic acids is 1. The van der Waals surface area contributed by atoms with Gasteiger partial charge in [0, 0.05) is 25.6 Å². The number of hydrogen-bond acceptors (Lipinski definition) is 3. The predicted octanol–water partition coefficient (Wildman–Crippen LogP) is 3.38. The molecule has 3 rings (SSSR count). The molecule has 1 saturated heterocycles. The van der Waals surface area contributed by atoms with Crippen LogP contribution in [0.15, 0.2) is 60.7 Å². The van der Waals surface area contributed by atoms with Crippen molar-refractivity contribution in [3.63, 3.8) is 0 Å². The van der Waals surface area contributed by atoms with Gasteiger partial charge in [0.15, 0.2) is 0 Å². The Hall–Kier alpha value is -2.17. The highest BCUT2D eigenvalue weighted by atomic mass is 16.5. The van der Waals surface area contributed by atoms with Crippen molar-refractivity contribution < 1.29 is 14.6 Å². The topological polar surface area (TPSA) is 49.8 Å².